The van der Waals surface area contributed by atoms with E-state index in [2.05, 4.69) is 20.9 Å². The molecule has 0 radical (unpaired) electrons. The lowest BCUT2D eigenvalue weighted by Gasteiger charge is -2.05. The summed E-state index contributed by atoms with van der Waals surface area (Å²) in [4.78, 5) is 4.53. The van der Waals surface area contributed by atoms with Crippen LogP contribution < -0.4 is 5.49 Å². The van der Waals surface area contributed by atoms with E-state index in [0.717, 1.165) is 21.0 Å². The summed E-state index contributed by atoms with van der Waals surface area (Å²) >= 11 is 3.46. The number of nitrogens with zero attached hydrogens (tertiary/aromatic N) is 2. The maximum atomic E-state index is 8.13. The van der Waals surface area contributed by atoms with Crippen LogP contribution in [0.1, 0.15) is 0 Å². The van der Waals surface area contributed by atoms with E-state index in [0.29, 0.717) is 5.49 Å². The van der Waals surface area contributed by atoms with Gasteiger partial charge < -0.3 is 0 Å². The van der Waals surface area contributed by atoms with Gasteiger partial charge in [0.15, 0.2) is 0 Å². The zero-order valence-corrected chi connectivity index (χ0v) is 9.90. The Balaban J connectivity index is 2.67. The van der Waals surface area contributed by atoms with Gasteiger partial charge in [-0.2, -0.15) is 0 Å². The van der Waals surface area contributed by atoms with Gasteiger partial charge in [-0.3, -0.25) is 9.81 Å². The average molecular weight is 274 g/mol. The molecule has 0 atom stereocenters. The minimum atomic E-state index is 0.460. The molecule has 0 fully saturated rings. The summed E-state index contributed by atoms with van der Waals surface area (Å²) in [7, 11) is 0. The second-order valence-corrected chi connectivity index (χ2v) is 4.38. The van der Waals surface area contributed by atoms with E-state index in [1.807, 2.05) is 42.6 Å². The Bertz CT molecular complexity index is 746. The van der Waals surface area contributed by atoms with Gasteiger partial charge in [0.1, 0.15) is 11.1 Å². The molecule has 1 N–H and O–H groups in total. The number of hydrogen-bond donors (Lipinski definition) is 1. The number of aromatic nitrogens is 2. The molecular formula is C12H8BrN3. The molecule has 0 amide bonds. The first kappa shape index (κ1) is 9.54. The molecule has 16 heavy (non-hydrogen) atoms. The van der Waals surface area contributed by atoms with Crippen molar-refractivity contribution in [3.8, 4) is 0 Å². The largest absolute Gasteiger partial charge is 0.286 e. The van der Waals surface area contributed by atoms with E-state index in [1.165, 1.54) is 0 Å². The number of hydrogen-bond acceptors (Lipinski definition) is 2. The zero-order valence-electron chi connectivity index (χ0n) is 8.31. The van der Waals surface area contributed by atoms with Crippen molar-refractivity contribution in [2.24, 2.45) is 0 Å². The second kappa shape index (κ2) is 3.42. The van der Waals surface area contributed by atoms with Crippen molar-refractivity contribution in [1.29, 1.82) is 5.41 Å². The first-order valence-electron chi connectivity index (χ1n) is 4.87. The van der Waals surface area contributed by atoms with E-state index in [1.54, 1.807) is 4.40 Å². The first-order chi connectivity index (χ1) is 7.77. The van der Waals surface area contributed by atoms with Crippen LogP contribution >= 0.6 is 15.9 Å². The van der Waals surface area contributed by atoms with E-state index in [9.17, 15) is 0 Å². The third-order valence-electron chi connectivity index (χ3n) is 2.55. The molecule has 2 heterocycles. The molecule has 4 heteroatoms. The number of halogens is 1. The van der Waals surface area contributed by atoms with Crippen LogP contribution in [0.2, 0.25) is 0 Å². The van der Waals surface area contributed by atoms with Gasteiger partial charge in [-0.1, -0.05) is 12.1 Å². The van der Waals surface area contributed by atoms with Gasteiger partial charge in [-0.25, -0.2) is 4.98 Å². The standard InChI is InChI=1S/C12H8BrN3/c13-9-5-3-4-8-11(9)15-10-6-1-2-7-16(10)12(8)14/h1-7,14H. The monoisotopic (exact) mass is 273 g/mol. The smallest absolute Gasteiger partial charge is 0.140 e. The third-order valence-corrected chi connectivity index (χ3v) is 3.19. The van der Waals surface area contributed by atoms with Crippen molar-refractivity contribution in [3.63, 3.8) is 0 Å². The summed E-state index contributed by atoms with van der Waals surface area (Å²) in [5.74, 6) is 0. The van der Waals surface area contributed by atoms with E-state index >= 15 is 0 Å². The number of nitrogens with one attached hydrogen (secondary N) is 1. The first-order valence-corrected chi connectivity index (χ1v) is 5.67. The fraction of sp³-hybridized carbons (Fsp3) is 0. The second-order valence-electron chi connectivity index (χ2n) is 3.53. The molecule has 0 aliphatic heterocycles. The molecule has 0 bridgehead atoms. The molecular weight excluding hydrogens is 266 g/mol. The van der Waals surface area contributed by atoms with Gasteiger partial charge in [-0.15, -0.1) is 0 Å². The van der Waals surface area contributed by atoms with E-state index < -0.39 is 0 Å². The summed E-state index contributed by atoms with van der Waals surface area (Å²) in [5.41, 5.74) is 2.08. The van der Waals surface area contributed by atoms with Gasteiger partial charge >= 0.3 is 0 Å². The Hall–Kier alpha value is -1.68. The molecule has 2 aromatic heterocycles. The van der Waals surface area contributed by atoms with Crippen LogP contribution in [0.4, 0.5) is 0 Å². The highest BCUT2D eigenvalue weighted by Gasteiger charge is 2.04. The minimum absolute atomic E-state index is 0.460. The van der Waals surface area contributed by atoms with Crippen molar-refractivity contribution in [2.45, 2.75) is 0 Å². The fourth-order valence-corrected chi connectivity index (χ4v) is 2.23. The number of benzene rings is 1. The van der Waals surface area contributed by atoms with Crippen LogP contribution in [0.3, 0.4) is 0 Å². The van der Waals surface area contributed by atoms with Gasteiger partial charge in [0.25, 0.3) is 0 Å². The lowest BCUT2D eigenvalue weighted by molar-refractivity contribution is 1.00. The van der Waals surface area contributed by atoms with Gasteiger partial charge in [-0.05, 0) is 40.2 Å². The zero-order chi connectivity index (χ0) is 11.1. The normalized spacial score (nSPS) is 11.1. The van der Waals surface area contributed by atoms with Crippen LogP contribution in [-0.4, -0.2) is 9.38 Å². The lowest BCUT2D eigenvalue weighted by Crippen LogP contribution is -2.15. The summed E-state index contributed by atoms with van der Waals surface area (Å²) in [5, 5.41) is 8.98. The molecule has 0 aliphatic rings. The molecule has 78 valence electrons. The molecule has 0 aliphatic carbocycles. The van der Waals surface area contributed by atoms with Crippen LogP contribution in [0, 0.1) is 5.41 Å². The van der Waals surface area contributed by atoms with Crippen LogP contribution in [0.25, 0.3) is 16.6 Å². The highest BCUT2D eigenvalue weighted by atomic mass is 79.9. The summed E-state index contributed by atoms with van der Waals surface area (Å²) in [6, 6.07) is 11.5. The average Bonchev–Trinajstić information content (AvgIpc) is 2.31. The van der Waals surface area contributed by atoms with E-state index in [4.69, 9.17) is 5.41 Å². The number of para-hydroxylation sites is 1. The Morgan fingerprint density at radius 1 is 1.12 bits per heavy atom. The maximum Gasteiger partial charge on any atom is 0.140 e. The predicted octanol–water partition coefficient (Wildman–Crippen LogP) is 2.73. The van der Waals surface area contributed by atoms with Crippen molar-refractivity contribution < 1.29 is 0 Å². The van der Waals surface area contributed by atoms with Gasteiger partial charge in [0.05, 0.1) is 5.52 Å². The van der Waals surface area contributed by atoms with Crippen molar-refractivity contribution in [2.75, 3.05) is 0 Å². The van der Waals surface area contributed by atoms with Crippen LogP contribution in [-0.2, 0) is 0 Å². The Morgan fingerprint density at radius 2 is 2.00 bits per heavy atom. The third kappa shape index (κ3) is 1.27. The molecule has 0 saturated carbocycles. The van der Waals surface area contributed by atoms with Crippen LogP contribution in [0.5, 0.6) is 0 Å². The van der Waals surface area contributed by atoms with Crippen molar-refractivity contribution >= 4 is 32.5 Å². The number of pyridine rings is 1. The minimum Gasteiger partial charge on any atom is -0.286 e. The van der Waals surface area contributed by atoms with Crippen molar-refractivity contribution in [3.05, 3.63) is 52.6 Å². The number of rotatable bonds is 0. The van der Waals surface area contributed by atoms with Crippen LogP contribution in [0.15, 0.2) is 47.1 Å². The quantitative estimate of drug-likeness (QED) is 0.629. The van der Waals surface area contributed by atoms with Crippen molar-refractivity contribution in [1.82, 2.24) is 9.38 Å². The van der Waals surface area contributed by atoms with E-state index in [-0.39, 0.29) is 0 Å². The Kier molecular flexibility index (Phi) is 2.04. The molecule has 1 aromatic carbocycles. The molecule has 3 rings (SSSR count). The highest BCUT2D eigenvalue weighted by molar-refractivity contribution is 9.10. The number of fused-ring (bicyclic) bond motifs is 2. The fourth-order valence-electron chi connectivity index (χ4n) is 1.78. The molecule has 3 aromatic rings. The molecule has 0 unspecified atom stereocenters. The molecule has 3 nitrogen and oxygen atoms in total. The van der Waals surface area contributed by atoms with Gasteiger partial charge in [0.2, 0.25) is 0 Å². The maximum absolute atomic E-state index is 8.13. The lowest BCUT2D eigenvalue weighted by atomic mass is 10.2. The Morgan fingerprint density at radius 3 is 2.88 bits per heavy atom. The summed E-state index contributed by atoms with van der Waals surface area (Å²) in [6.07, 6.45) is 1.85. The summed E-state index contributed by atoms with van der Waals surface area (Å²) in [6.45, 7) is 0. The topological polar surface area (TPSA) is 41.2 Å². The highest BCUT2D eigenvalue weighted by Crippen LogP contribution is 2.19. The van der Waals surface area contributed by atoms with Gasteiger partial charge in [0, 0.05) is 16.1 Å². The molecule has 0 saturated heterocycles. The SMILES string of the molecule is N=c1c2cccc(Br)c2nc2ccccn12. The summed E-state index contributed by atoms with van der Waals surface area (Å²) < 4.78 is 2.69. The molecule has 0 spiro atoms. The Labute approximate surface area is 100 Å². The predicted molar refractivity (Wildman–Crippen MR) is 66.3 cm³/mol.